The van der Waals surface area contributed by atoms with Gasteiger partial charge in [-0.1, -0.05) is 30.3 Å². The zero-order valence-corrected chi connectivity index (χ0v) is 10.7. The lowest BCUT2D eigenvalue weighted by Gasteiger charge is -2.19. The molecule has 100 valence electrons. The number of amides is 2. The first-order chi connectivity index (χ1) is 9.24. The zero-order valence-electron chi connectivity index (χ0n) is 10.7. The molecule has 1 aliphatic carbocycles. The fraction of sp³-hybridized carbons (Fsp3) is 0.467. The van der Waals surface area contributed by atoms with E-state index in [4.69, 9.17) is 4.74 Å². The van der Waals surface area contributed by atoms with Gasteiger partial charge >= 0.3 is 6.09 Å². The number of imide groups is 1. The molecule has 1 aromatic rings. The summed E-state index contributed by atoms with van der Waals surface area (Å²) in [7, 11) is 0. The van der Waals surface area contributed by atoms with Gasteiger partial charge in [0.1, 0.15) is 6.61 Å². The maximum Gasteiger partial charge on any atom is 0.416 e. The maximum atomic E-state index is 12.1. The van der Waals surface area contributed by atoms with Gasteiger partial charge in [0.25, 0.3) is 0 Å². The molecule has 0 radical (unpaired) electrons. The molecule has 1 saturated heterocycles. The first kappa shape index (κ1) is 12.2. The van der Waals surface area contributed by atoms with Crippen molar-refractivity contribution < 1.29 is 14.3 Å². The number of nitrogens with zero attached hydrogens (tertiary/aromatic N) is 1. The summed E-state index contributed by atoms with van der Waals surface area (Å²) in [4.78, 5) is 25.2. The van der Waals surface area contributed by atoms with E-state index in [1.165, 1.54) is 4.90 Å². The van der Waals surface area contributed by atoms with E-state index >= 15 is 0 Å². The van der Waals surface area contributed by atoms with E-state index in [-0.39, 0.29) is 11.9 Å². The standard InChI is InChI=1S/C15H17NO3/c17-14(9-12-6-7-12)16-13(10-19-15(16)18)8-11-4-2-1-3-5-11/h1-5,12-13H,6-10H2/t13-/m0/s1. The molecule has 1 saturated carbocycles. The molecule has 1 aliphatic heterocycles. The number of carbonyl (C=O) groups is 2. The van der Waals surface area contributed by atoms with Crippen molar-refractivity contribution >= 4 is 12.0 Å². The molecule has 4 nitrogen and oxygen atoms in total. The Labute approximate surface area is 112 Å². The Morgan fingerprint density at radius 2 is 2.00 bits per heavy atom. The monoisotopic (exact) mass is 259 g/mol. The summed E-state index contributed by atoms with van der Waals surface area (Å²) in [5.41, 5.74) is 1.12. The van der Waals surface area contributed by atoms with Crippen LogP contribution in [0.3, 0.4) is 0 Å². The van der Waals surface area contributed by atoms with Gasteiger partial charge in [-0.25, -0.2) is 9.69 Å². The van der Waals surface area contributed by atoms with Crippen molar-refractivity contribution in [2.45, 2.75) is 31.7 Å². The first-order valence-electron chi connectivity index (χ1n) is 6.77. The third kappa shape index (κ3) is 2.78. The fourth-order valence-corrected chi connectivity index (χ4v) is 2.47. The quantitative estimate of drug-likeness (QED) is 0.834. The molecule has 4 heteroatoms. The van der Waals surface area contributed by atoms with E-state index in [0.29, 0.717) is 25.4 Å². The van der Waals surface area contributed by atoms with Crippen molar-refractivity contribution in [1.29, 1.82) is 0 Å². The lowest BCUT2D eigenvalue weighted by Crippen LogP contribution is -2.40. The second kappa shape index (κ2) is 5.03. The molecule has 2 amide bonds. The molecule has 0 N–H and O–H groups in total. The summed E-state index contributed by atoms with van der Waals surface area (Å²) in [5.74, 6) is 0.407. The molecule has 19 heavy (non-hydrogen) atoms. The minimum absolute atomic E-state index is 0.0778. The van der Waals surface area contributed by atoms with Gasteiger partial charge in [-0.05, 0) is 30.7 Å². The SMILES string of the molecule is O=C(CC1CC1)N1C(=O)OC[C@@H]1Cc1ccccc1. The average Bonchev–Trinajstić information content (AvgIpc) is 3.14. The van der Waals surface area contributed by atoms with Crippen LogP contribution in [0.1, 0.15) is 24.8 Å². The largest absolute Gasteiger partial charge is 0.447 e. The van der Waals surface area contributed by atoms with Gasteiger partial charge in [-0.2, -0.15) is 0 Å². The highest BCUT2D eigenvalue weighted by Crippen LogP contribution is 2.33. The lowest BCUT2D eigenvalue weighted by atomic mass is 10.1. The number of hydrogen-bond donors (Lipinski definition) is 0. The predicted molar refractivity (Wildman–Crippen MR) is 69.5 cm³/mol. The van der Waals surface area contributed by atoms with Crippen LogP contribution in [-0.4, -0.2) is 29.5 Å². The Balaban J connectivity index is 1.68. The van der Waals surface area contributed by atoms with Gasteiger partial charge in [0.15, 0.2) is 0 Å². The Kier molecular flexibility index (Phi) is 3.23. The van der Waals surface area contributed by atoms with Crippen LogP contribution < -0.4 is 0 Å². The van der Waals surface area contributed by atoms with E-state index < -0.39 is 6.09 Å². The maximum absolute atomic E-state index is 12.1. The average molecular weight is 259 g/mol. The lowest BCUT2D eigenvalue weighted by molar-refractivity contribution is -0.129. The van der Waals surface area contributed by atoms with E-state index in [9.17, 15) is 9.59 Å². The number of benzene rings is 1. The van der Waals surface area contributed by atoms with Crippen molar-refractivity contribution in [1.82, 2.24) is 4.90 Å². The Morgan fingerprint density at radius 1 is 1.26 bits per heavy atom. The zero-order chi connectivity index (χ0) is 13.2. The Bertz CT molecular complexity index is 481. The number of ether oxygens (including phenoxy) is 1. The summed E-state index contributed by atoms with van der Waals surface area (Å²) in [5, 5.41) is 0. The molecule has 0 spiro atoms. The number of cyclic esters (lactones) is 1. The second-order valence-corrected chi connectivity index (χ2v) is 5.33. The van der Waals surface area contributed by atoms with Gasteiger partial charge in [0.2, 0.25) is 5.91 Å². The van der Waals surface area contributed by atoms with Gasteiger partial charge in [-0.3, -0.25) is 4.79 Å². The summed E-state index contributed by atoms with van der Waals surface area (Å²) in [6.07, 6.45) is 2.89. The second-order valence-electron chi connectivity index (χ2n) is 5.33. The van der Waals surface area contributed by atoms with Crippen LogP contribution >= 0.6 is 0 Å². The van der Waals surface area contributed by atoms with E-state index in [0.717, 1.165) is 18.4 Å². The Hall–Kier alpha value is -1.84. The normalized spacial score (nSPS) is 22.4. The predicted octanol–water partition coefficient (Wildman–Crippen LogP) is 2.38. The molecule has 1 aromatic carbocycles. The highest BCUT2D eigenvalue weighted by Gasteiger charge is 2.39. The molecular weight excluding hydrogens is 242 g/mol. The third-order valence-corrected chi connectivity index (χ3v) is 3.70. The molecule has 1 heterocycles. The van der Waals surface area contributed by atoms with Crippen molar-refractivity contribution in [3.8, 4) is 0 Å². The van der Waals surface area contributed by atoms with E-state index in [1.54, 1.807) is 0 Å². The molecule has 0 aromatic heterocycles. The molecule has 2 aliphatic rings. The van der Waals surface area contributed by atoms with E-state index in [1.807, 2.05) is 30.3 Å². The molecule has 3 rings (SSSR count). The van der Waals surface area contributed by atoms with Crippen LogP contribution in [0.5, 0.6) is 0 Å². The molecule has 1 atom stereocenters. The van der Waals surface area contributed by atoms with Crippen molar-refractivity contribution in [3.63, 3.8) is 0 Å². The van der Waals surface area contributed by atoms with Gasteiger partial charge in [0.05, 0.1) is 6.04 Å². The minimum Gasteiger partial charge on any atom is -0.447 e. The topological polar surface area (TPSA) is 46.6 Å². The Morgan fingerprint density at radius 3 is 2.68 bits per heavy atom. The van der Waals surface area contributed by atoms with Crippen molar-refractivity contribution in [2.75, 3.05) is 6.61 Å². The summed E-state index contributed by atoms with van der Waals surface area (Å²) >= 11 is 0. The third-order valence-electron chi connectivity index (χ3n) is 3.70. The van der Waals surface area contributed by atoms with Gasteiger partial charge in [0, 0.05) is 6.42 Å². The van der Waals surface area contributed by atoms with Gasteiger partial charge < -0.3 is 4.74 Å². The van der Waals surface area contributed by atoms with Crippen LogP contribution in [0.2, 0.25) is 0 Å². The van der Waals surface area contributed by atoms with Crippen LogP contribution in [0.25, 0.3) is 0 Å². The fourth-order valence-electron chi connectivity index (χ4n) is 2.47. The first-order valence-corrected chi connectivity index (χ1v) is 6.77. The van der Waals surface area contributed by atoms with Crippen LogP contribution in [0.4, 0.5) is 4.79 Å². The van der Waals surface area contributed by atoms with E-state index in [2.05, 4.69) is 0 Å². The van der Waals surface area contributed by atoms with Crippen LogP contribution in [-0.2, 0) is 16.0 Å². The molecule has 0 unspecified atom stereocenters. The summed E-state index contributed by atoms with van der Waals surface area (Å²) in [6.45, 7) is 0.310. The number of hydrogen-bond acceptors (Lipinski definition) is 3. The summed E-state index contributed by atoms with van der Waals surface area (Å²) in [6, 6.07) is 9.74. The molecular formula is C15H17NO3. The van der Waals surface area contributed by atoms with Crippen LogP contribution in [0.15, 0.2) is 30.3 Å². The number of carbonyl (C=O) groups excluding carboxylic acids is 2. The highest BCUT2D eigenvalue weighted by atomic mass is 16.6. The van der Waals surface area contributed by atoms with Crippen molar-refractivity contribution in [3.05, 3.63) is 35.9 Å². The van der Waals surface area contributed by atoms with Crippen LogP contribution in [0, 0.1) is 5.92 Å². The van der Waals surface area contributed by atoms with Gasteiger partial charge in [-0.15, -0.1) is 0 Å². The van der Waals surface area contributed by atoms with Crippen molar-refractivity contribution in [2.24, 2.45) is 5.92 Å². The minimum atomic E-state index is -0.480. The molecule has 2 fully saturated rings. The smallest absolute Gasteiger partial charge is 0.416 e. The highest BCUT2D eigenvalue weighted by molar-refractivity contribution is 5.93. The summed E-state index contributed by atoms with van der Waals surface area (Å²) < 4.78 is 5.04. The molecule has 0 bridgehead atoms. The number of rotatable bonds is 4.